The fraction of sp³-hybridized carbons (Fsp3) is 0.182. The first-order valence-corrected chi connectivity index (χ1v) is 4.43. The summed E-state index contributed by atoms with van der Waals surface area (Å²) in [6.45, 7) is 3.35. The van der Waals surface area contributed by atoms with Crippen molar-refractivity contribution < 1.29 is 4.79 Å². The van der Waals surface area contributed by atoms with Crippen LogP contribution >= 0.6 is 0 Å². The second kappa shape index (κ2) is 3.18. The van der Waals surface area contributed by atoms with Crippen LogP contribution in [-0.4, -0.2) is 16.0 Å². The largest absolute Gasteiger partial charge is 0.294 e. The van der Waals surface area contributed by atoms with E-state index in [0.29, 0.717) is 11.3 Å². The molecule has 0 spiro atoms. The van der Waals surface area contributed by atoms with Crippen LogP contribution in [0.15, 0.2) is 24.3 Å². The average Bonchev–Trinajstić information content (AvgIpc) is 2.17. The third kappa shape index (κ3) is 1.27. The molecular weight excluding hydrogens is 176 g/mol. The number of nitrogens with zero attached hydrogens (tertiary/aromatic N) is 2. The Balaban J connectivity index is 2.90. The fourth-order valence-electron chi connectivity index (χ4n) is 1.59. The molecule has 1 aromatic carbocycles. The minimum absolute atomic E-state index is 0.0357. The molecule has 0 saturated carbocycles. The van der Waals surface area contributed by atoms with Crippen molar-refractivity contribution in [3.63, 3.8) is 0 Å². The average molecular weight is 186 g/mol. The van der Waals surface area contributed by atoms with Gasteiger partial charge in [0, 0.05) is 10.9 Å². The maximum Gasteiger partial charge on any atom is 0.162 e. The Morgan fingerprint density at radius 1 is 1.21 bits per heavy atom. The molecular formula is C11H10N2O. The van der Waals surface area contributed by atoms with E-state index in [1.54, 1.807) is 13.8 Å². The predicted molar refractivity (Wildman–Crippen MR) is 54.3 cm³/mol. The van der Waals surface area contributed by atoms with E-state index in [4.69, 9.17) is 0 Å². The van der Waals surface area contributed by atoms with E-state index in [-0.39, 0.29) is 5.78 Å². The molecule has 0 N–H and O–H groups in total. The van der Waals surface area contributed by atoms with Crippen LogP contribution in [0.2, 0.25) is 0 Å². The summed E-state index contributed by atoms with van der Waals surface area (Å²) >= 11 is 0. The number of carbonyl (C=O) groups excluding carboxylic acids is 1. The topological polar surface area (TPSA) is 42.9 Å². The normalized spacial score (nSPS) is 10.4. The molecule has 0 saturated heterocycles. The monoisotopic (exact) mass is 186 g/mol. The van der Waals surface area contributed by atoms with Crippen molar-refractivity contribution in [2.24, 2.45) is 0 Å². The van der Waals surface area contributed by atoms with Crippen LogP contribution in [-0.2, 0) is 0 Å². The number of fused-ring (bicyclic) bond motifs is 1. The van der Waals surface area contributed by atoms with E-state index < -0.39 is 0 Å². The number of benzene rings is 1. The van der Waals surface area contributed by atoms with Crippen LogP contribution in [0.25, 0.3) is 10.9 Å². The minimum atomic E-state index is 0.0357. The van der Waals surface area contributed by atoms with Gasteiger partial charge in [0.2, 0.25) is 0 Å². The SMILES string of the molecule is CC(=O)c1c(C)nnc2ccccc12. The first kappa shape index (κ1) is 8.81. The fourth-order valence-corrected chi connectivity index (χ4v) is 1.59. The van der Waals surface area contributed by atoms with Gasteiger partial charge in [-0.05, 0) is 19.9 Å². The highest BCUT2D eigenvalue weighted by molar-refractivity contribution is 6.06. The van der Waals surface area contributed by atoms with E-state index in [0.717, 1.165) is 10.9 Å². The molecule has 1 aromatic heterocycles. The Bertz CT molecular complexity index is 506. The summed E-state index contributed by atoms with van der Waals surface area (Å²) < 4.78 is 0. The second-order valence-corrected chi connectivity index (χ2v) is 3.23. The zero-order valence-electron chi connectivity index (χ0n) is 8.11. The highest BCUT2D eigenvalue weighted by atomic mass is 16.1. The molecule has 70 valence electrons. The lowest BCUT2D eigenvalue weighted by Crippen LogP contribution is -2.02. The molecule has 3 nitrogen and oxygen atoms in total. The number of rotatable bonds is 1. The maximum atomic E-state index is 11.4. The van der Waals surface area contributed by atoms with Crippen LogP contribution in [0.5, 0.6) is 0 Å². The van der Waals surface area contributed by atoms with Crippen molar-refractivity contribution in [3.8, 4) is 0 Å². The first-order valence-electron chi connectivity index (χ1n) is 4.43. The lowest BCUT2D eigenvalue weighted by molar-refractivity contribution is 0.101. The van der Waals surface area contributed by atoms with E-state index in [2.05, 4.69) is 10.2 Å². The molecule has 0 aliphatic heterocycles. The smallest absolute Gasteiger partial charge is 0.162 e. The highest BCUT2D eigenvalue weighted by Crippen LogP contribution is 2.18. The summed E-state index contributed by atoms with van der Waals surface area (Å²) in [5.41, 5.74) is 2.13. The van der Waals surface area contributed by atoms with Gasteiger partial charge >= 0.3 is 0 Å². The van der Waals surface area contributed by atoms with Gasteiger partial charge in [-0.3, -0.25) is 4.79 Å². The van der Waals surface area contributed by atoms with Crippen LogP contribution in [0.3, 0.4) is 0 Å². The number of aryl methyl sites for hydroxylation is 1. The zero-order valence-corrected chi connectivity index (χ0v) is 8.11. The quantitative estimate of drug-likeness (QED) is 0.641. The maximum absolute atomic E-state index is 11.4. The Morgan fingerprint density at radius 2 is 1.93 bits per heavy atom. The molecule has 2 rings (SSSR count). The number of ketones is 1. The van der Waals surface area contributed by atoms with Gasteiger partial charge in [0.25, 0.3) is 0 Å². The summed E-state index contributed by atoms with van der Waals surface area (Å²) in [5.74, 6) is 0.0357. The lowest BCUT2D eigenvalue weighted by Gasteiger charge is -2.04. The van der Waals surface area contributed by atoms with Gasteiger partial charge in [-0.25, -0.2) is 0 Å². The molecule has 0 atom stereocenters. The molecule has 1 heterocycles. The predicted octanol–water partition coefficient (Wildman–Crippen LogP) is 2.14. The van der Waals surface area contributed by atoms with Crippen molar-refractivity contribution >= 4 is 16.7 Å². The van der Waals surface area contributed by atoms with Gasteiger partial charge in [0.05, 0.1) is 11.2 Å². The second-order valence-electron chi connectivity index (χ2n) is 3.23. The van der Waals surface area contributed by atoms with Crippen molar-refractivity contribution in [1.82, 2.24) is 10.2 Å². The molecule has 14 heavy (non-hydrogen) atoms. The van der Waals surface area contributed by atoms with Crippen LogP contribution in [0, 0.1) is 6.92 Å². The summed E-state index contributed by atoms with van der Waals surface area (Å²) in [5, 5.41) is 8.86. The van der Waals surface area contributed by atoms with Gasteiger partial charge < -0.3 is 0 Å². The minimum Gasteiger partial charge on any atom is -0.294 e. The molecule has 0 fully saturated rings. The molecule has 0 aliphatic carbocycles. The van der Waals surface area contributed by atoms with Crippen LogP contribution in [0.4, 0.5) is 0 Å². The van der Waals surface area contributed by atoms with Gasteiger partial charge in [0.1, 0.15) is 0 Å². The van der Waals surface area contributed by atoms with Crippen molar-refractivity contribution in [2.45, 2.75) is 13.8 Å². The molecule has 0 aliphatic rings. The third-order valence-corrected chi connectivity index (χ3v) is 2.19. The third-order valence-electron chi connectivity index (χ3n) is 2.19. The molecule has 3 heteroatoms. The van der Waals surface area contributed by atoms with Gasteiger partial charge in [-0.2, -0.15) is 10.2 Å². The molecule has 0 radical (unpaired) electrons. The van der Waals surface area contributed by atoms with E-state index in [1.807, 2.05) is 24.3 Å². The number of carbonyl (C=O) groups is 1. The zero-order chi connectivity index (χ0) is 10.1. The van der Waals surface area contributed by atoms with Crippen molar-refractivity contribution in [3.05, 3.63) is 35.5 Å². The van der Waals surface area contributed by atoms with Crippen LogP contribution < -0.4 is 0 Å². The van der Waals surface area contributed by atoms with E-state index in [9.17, 15) is 4.79 Å². The first-order chi connectivity index (χ1) is 6.70. The summed E-state index contributed by atoms with van der Waals surface area (Å²) in [6, 6.07) is 7.54. The number of hydrogen-bond donors (Lipinski definition) is 0. The van der Waals surface area contributed by atoms with E-state index in [1.165, 1.54) is 0 Å². The molecule has 0 amide bonds. The number of hydrogen-bond acceptors (Lipinski definition) is 3. The van der Waals surface area contributed by atoms with Crippen LogP contribution in [0.1, 0.15) is 23.0 Å². The van der Waals surface area contributed by atoms with Gasteiger partial charge in [0.15, 0.2) is 5.78 Å². The van der Waals surface area contributed by atoms with Gasteiger partial charge in [-0.1, -0.05) is 18.2 Å². The summed E-state index contributed by atoms with van der Waals surface area (Å²) in [6.07, 6.45) is 0. The molecule has 0 bridgehead atoms. The summed E-state index contributed by atoms with van der Waals surface area (Å²) in [7, 11) is 0. The Hall–Kier alpha value is -1.77. The number of Topliss-reactive ketones (excluding diaryl/α,β-unsaturated/α-hetero) is 1. The Kier molecular flexibility index (Phi) is 2.00. The molecule has 0 unspecified atom stereocenters. The molecule has 2 aromatic rings. The van der Waals surface area contributed by atoms with Crippen molar-refractivity contribution in [2.75, 3.05) is 0 Å². The van der Waals surface area contributed by atoms with E-state index >= 15 is 0 Å². The Labute approximate surface area is 81.8 Å². The standard InChI is InChI=1S/C11H10N2O/c1-7-11(8(2)14)9-5-3-4-6-10(9)13-12-7/h3-6H,1-2H3. The van der Waals surface area contributed by atoms with Gasteiger partial charge in [-0.15, -0.1) is 0 Å². The Morgan fingerprint density at radius 3 is 2.64 bits per heavy atom. The highest BCUT2D eigenvalue weighted by Gasteiger charge is 2.10. The number of aromatic nitrogens is 2. The summed E-state index contributed by atoms with van der Waals surface area (Å²) in [4.78, 5) is 11.4. The lowest BCUT2D eigenvalue weighted by atomic mass is 10.0. The van der Waals surface area contributed by atoms with Crippen molar-refractivity contribution in [1.29, 1.82) is 0 Å².